The molecule has 1 atom stereocenters. The van der Waals surface area contributed by atoms with Crippen LogP contribution in [0.4, 0.5) is 11.7 Å². The van der Waals surface area contributed by atoms with Gasteiger partial charge in [0.1, 0.15) is 5.38 Å². The first kappa shape index (κ1) is 11.0. The molecule has 2 rings (SSSR count). The van der Waals surface area contributed by atoms with Gasteiger partial charge in [0.15, 0.2) is 0 Å². The number of hydrogen-bond acceptors (Lipinski definition) is 4. The zero-order chi connectivity index (χ0) is 11.5. The van der Waals surface area contributed by atoms with Crippen molar-refractivity contribution in [2.24, 2.45) is 0 Å². The van der Waals surface area contributed by atoms with E-state index in [0.29, 0.717) is 11.9 Å². The molecule has 16 heavy (non-hydrogen) atoms. The lowest BCUT2D eigenvalue weighted by Gasteiger charge is -2.13. The van der Waals surface area contributed by atoms with Crippen molar-refractivity contribution in [1.82, 2.24) is 10.2 Å². The minimum Gasteiger partial charge on any atom is -0.406 e. The van der Waals surface area contributed by atoms with Crippen molar-refractivity contribution in [2.75, 3.05) is 11.9 Å². The molecule has 4 nitrogen and oxygen atoms in total. The van der Waals surface area contributed by atoms with Crippen LogP contribution in [0.15, 0.2) is 34.7 Å². The molecule has 2 aromatic rings. The highest BCUT2D eigenvalue weighted by Gasteiger charge is 2.14. The Morgan fingerprint density at radius 1 is 1.25 bits per heavy atom. The molecule has 0 amide bonds. The van der Waals surface area contributed by atoms with Crippen LogP contribution in [0.25, 0.3) is 0 Å². The summed E-state index contributed by atoms with van der Waals surface area (Å²) in [5.41, 5.74) is 0.986. The van der Waals surface area contributed by atoms with Gasteiger partial charge in [0.2, 0.25) is 5.89 Å². The van der Waals surface area contributed by atoms with Crippen molar-refractivity contribution in [3.8, 4) is 0 Å². The smallest absolute Gasteiger partial charge is 0.322 e. The molecule has 0 fully saturated rings. The van der Waals surface area contributed by atoms with E-state index in [9.17, 15) is 0 Å². The van der Waals surface area contributed by atoms with Gasteiger partial charge < -0.3 is 4.42 Å². The van der Waals surface area contributed by atoms with Gasteiger partial charge in [0.25, 0.3) is 0 Å². The summed E-state index contributed by atoms with van der Waals surface area (Å²) in [5, 5.41) is 7.54. The number of halogens is 1. The molecule has 1 aromatic heterocycles. The van der Waals surface area contributed by atoms with Gasteiger partial charge in [0, 0.05) is 12.7 Å². The Hall–Kier alpha value is -1.55. The standard InChI is InChI=1S/C11H12ClN3O/c1-8(12)10-13-14-11(16-10)15(2)9-6-4-3-5-7-9/h3-8H,1-2H3. The van der Waals surface area contributed by atoms with Crippen LogP contribution in [-0.2, 0) is 0 Å². The first-order valence-electron chi connectivity index (χ1n) is 4.94. The molecule has 0 saturated heterocycles. The Morgan fingerprint density at radius 3 is 2.50 bits per heavy atom. The lowest BCUT2D eigenvalue weighted by atomic mass is 10.3. The fourth-order valence-electron chi connectivity index (χ4n) is 1.28. The number of rotatable bonds is 3. The summed E-state index contributed by atoms with van der Waals surface area (Å²) >= 11 is 5.85. The molecule has 0 N–H and O–H groups in total. The van der Waals surface area contributed by atoms with Crippen molar-refractivity contribution < 1.29 is 4.42 Å². The normalized spacial score (nSPS) is 12.4. The maximum absolute atomic E-state index is 5.85. The average molecular weight is 238 g/mol. The van der Waals surface area contributed by atoms with E-state index in [0.717, 1.165) is 5.69 Å². The summed E-state index contributed by atoms with van der Waals surface area (Å²) in [6, 6.07) is 10.2. The second-order valence-electron chi connectivity index (χ2n) is 3.43. The van der Waals surface area contributed by atoms with E-state index in [1.807, 2.05) is 42.3 Å². The lowest BCUT2D eigenvalue weighted by Crippen LogP contribution is -2.09. The molecule has 5 heteroatoms. The van der Waals surface area contributed by atoms with Gasteiger partial charge in [-0.1, -0.05) is 23.3 Å². The number of aromatic nitrogens is 2. The molecule has 1 heterocycles. The summed E-state index contributed by atoms with van der Waals surface area (Å²) in [5.74, 6) is 0.430. The molecule has 0 aliphatic rings. The number of anilines is 2. The molecule has 0 spiro atoms. The number of nitrogens with zero attached hydrogens (tertiary/aromatic N) is 3. The predicted molar refractivity (Wildman–Crippen MR) is 63.1 cm³/mol. The number of hydrogen-bond donors (Lipinski definition) is 0. The Kier molecular flexibility index (Phi) is 3.10. The van der Waals surface area contributed by atoms with E-state index in [1.165, 1.54) is 0 Å². The highest BCUT2D eigenvalue weighted by molar-refractivity contribution is 6.20. The van der Waals surface area contributed by atoms with Crippen LogP contribution in [-0.4, -0.2) is 17.2 Å². The second kappa shape index (κ2) is 4.53. The fraction of sp³-hybridized carbons (Fsp3) is 0.273. The minimum absolute atomic E-state index is 0.273. The Bertz CT molecular complexity index is 455. The van der Waals surface area contributed by atoms with E-state index < -0.39 is 0 Å². The van der Waals surface area contributed by atoms with Crippen molar-refractivity contribution in [2.45, 2.75) is 12.3 Å². The average Bonchev–Trinajstić information content (AvgIpc) is 2.78. The van der Waals surface area contributed by atoms with E-state index in [-0.39, 0.29) is 5.38 Å². The summed E-state index contributed by atoms with van der Waals surface area (Å²) in [6.45, 7) is 1.79. The van der Waals surface area contributed by atoms with Crippen LogP contribution in [0.1, 0.15) is 18.2 Å². The van der Waals surface area contributed by atoms with Gasteiger partial charge in [-0.25, -0.2) is 0 Å². The molecular weight excluding hydrogens is 226 g/mol. The summed E-state index contributed by atoms with van der Waals surface area (Å²) in [6.07, 6.45) is 0. The number of para-hydroxylation sites is 1. The monoisotopic (exact) mass is 237 g/mol. The quantitative estimate of drug-likeness (QED) is 0.770. The van der Waals surface area contributed by atoms with Gasteiger partial charge in [0.05, 0.1) is 0 Å². The van der Waals surface area contributed by atoms with Gasteiger partial charge in [-0.2, -0.15) is 0 Å². The van der Waals surface area contributed by atoms with E-state index in [1.54, 1.807) is 6.92 Å². The third-order valence-corrected chi connectivity index (χ3v) is 2.39. The van der Waals surface area contributed by atoms with Crippen LogP contribution in [0.2, 0.25) is 0 Å². The second-order valence-corrected chi connectivity index (χ2v) is 4.09. The van der Waals surface area contributed by atoms with Crippen LogP contribution in [0.5, 0.6) is 0 Å². The Labute approximate surface area is 98.8 Å². The highest BCUT2D eigenvalue weighted by atomic mass is 35.5. The van der Waals surface area contributed by atoms with Gasteiger partial charge in [-0.3, -0.25) is 4.90 Å². The molecule has 0 aliphatic heterocycles. The van der Waals surface area contributed by atoms with Crippen molar-refractivity contribution >= 4 is 23.3 Å². The van der Waals surface area contributed by atoms with Gasteiger partial charge in [-0.15, -0.1) is 16.7 Å². The first-order valence-corrected chi connectivity index (χ1v) is 5.38. The number of alkyl halides is 1. The Balaban J connectivity index is 2.24. The zero-order valence-corrected chi connectivity index (χ0v) is 9.85. The molecule has 0 bridgehead atoms. The van der Waals surface area contributed by atoms with E-state index in [4.69, 9.17) is 16.0 Å². The van der Waals surface area contributed by atoms with Crippen LogP contribution in [0.3, 0.4) is 0 Å². The molecule has 0 saturated carbocycles. The maximum Gasteiger partial charge on any atom is 0.322 e. The fourth-order valence-corrected chi connectivity index (χ4v) is 1.37. The predicted octanol–water partition coefficient (Wildman–Crippen LogP) is 3.14. The molecule has 84 valence electrons. The summed E-state index contributed by atoms with van der Waals surface area (Å²) < 4.78 is 5.43. The molecule has 0 radical (unpaired) electrons. The Morgan fingerprint density at radius 2 is 1.94 bits per heavy atom. The van der Waals surface area contributed by atoms with Crippen molar-refractivity contribution in [3.63, 3.8) is 0 Å². The minimum atomic E-state index is -0.273. The third kappa shape index (κ3) is 2.17. The molecule has 1 unspecified atom stereocenters. The molecular formula is C11H12ClN3O. The highest BCUT2D eigenvalue weighted by Crippen LogP contribution is 2.25. The maximum atomic E-state index is 5.85. The van der Waals surface area contributed by atoms with Gasteiger partial charge >= 0.3 is 6.01 Å². The van der Waals surface area contributed by atoms with Crippen molar-refractivity contribution in [3.05, 3.63) is 36.2 Å². The largest absolute Gasteiger partial charge is 0.406 e. The molecule has 1 aromatic carbocycles. The third-order valence-electron chi connectivity index (χ3n) is 2.20. The van der Waals surface area contributed by atoms with Crippen LogP contribution >= 0.6 is 11.6 Å². The first-order chi connectivity index (χ1) is 7.68. The topological polar surface area (TPSA) is 42.2 Å². The summed E-state index contributed by atoms with van der Waals surface area (Å²) in [7, 11) is 1.87. The van der Waals surface area contributed by atoms with Crippen LogP contribution < -0.4 is 4.90 Å². The van der Waals surface area contributed by atoms with Crippen molar-refractivity contribution in [1.29, 1.82) is 0 Å². The molecule has 0 aliphatic carbocycles. The SMILES string of the molecule is CC(Cl)c1nnc(N(C)c2ccccc2)o1. The van der Waals surface area contributed by atoms with Gasteiger partial charge in [-0.05, 0) is 19.1 Å². The lowest BCUT2D eigenvalue weighted by molar-refractivity contribution is 0.499. The summed E-state index contributed by atoms with van der Waals surface area (Å²) in [4.78, 5) is 1.82. The zero-order valence-electron chi connectivity index (χ0n) is 9.09. The van der Waals surface area contributed by atoms with E-state index in [2.05, 4.69) is 10.2 Å². The van der Waals surface area contributed by atoms with Crippen LogP contribution in [0, 0.1) is 0 Å². The number of benzene rings is 1. The van der Waals surface area contributed by atoms with E-state index >= 15 is 0 Å².